The van der Waals surface area contributed by atoms with E-state index in [-0.39, 0.29) is 16.0 Å². The Kier molecular flexibility index (Phi) is 4.98. The molecule has 0 spiro atoms. The van der Waals surface area contributed by atoms with Gasteiger partial charge in [0, 0.05) is 15.5 Å². The van der Waals surface area contributed by atoms with E-state index in [2.05, 4.69) is 10.2 Å². The molecule has 7 heteroatoms. The molecule has 0 saturated carbocycles. The molecule has 3 rings (SSSR count). The van der Waals surface area contributed by atoms with Crippen LogP contribution < -0.4 is 5.11 Å². The van der Waals surface area contributed by atoms with Crippen molar-refractivity contribution in [3.63, 3.8) is 0 Å². The van der Waals surface area contributed by atoms with E-state index in [1.165, 1.54) is 6.08 Å². The van der Waals surface area contributed by atoms with Gasteiger partial charge in [-0.2, -0.15) is 0 Å². The van der Waals surface area contributed by atoms with E-state index in [1.807, 2.05) is 18.2 Å². The van der Waals surface area contributed by atoms with E-state index in [4.69, 9.17) is 16.0 Å². The molecule has 0 radical (unpaired) electrons. The number of nitrogens with zero attached hydrogens (tertiary/aromatic N) is 2. The van der Waals surface area contributed by atoms with Crippen molar-refractivity contribution in [2.24, 2.45) is 0 Å². The molecule has 0 saturated heterocycles. The molecule has 0 aliphatic heterocycles. The smallest absolute Gasteiger partial charge is 0.281 e. The van der Waals surface area contributed by atoms with Crippen molar-refractivity contribution in [2.75, 3.05) is 0 Å². The van der Waals surface area contributed by atoms with Gasteiger partial charge in [-0.25, -0.2) is 0 Å². The van der Waals surface area contributed by atoms with Crippen LogP contribution in [0.5, 0.6) is 0 Å². The summed E-state index contributed by atoms with van der Waals surface area (Å²) in [6.45, 7) is 0. The van der Waals surface area contributed by atoms with Crippen molar-refractivity contribution in [2.45, 2.75) is 5.22 Å². The number of aromatic nitrogens is 2. The van der Waals surface area contributed by atoms with E-state index in [0.717, 1.165) is 17.3 Å². The van der Waals surface area contributed by atoms with Crippen LogP contribution in [-0.4, -0.2) is 16.2 Å². The van der Waals surface area contributed by atoms with Crippen molar-refractivity contribution in [3.8, 4) is 11.5 Å². The Morgan fingerprint density at radius 3 is 2.46 bits per heavy atom. The van der Waals surface area contributed by atoms with Gasteiger partial charge >= 0.3 is 0 Å². The molecule has 0 aliphatic carbocycles. The summed E-state index contributed by atoms with van der Waals surface area (Å²) < 4.78 is 5.49. The molecule has 0 bridgehead atoms. The topological polar surface area (TPSA) is 79.0 Å². The maximum absolute atomic E-state index is 11.3. The lowest BCUT2D eigenvalue weighted by molar-refractivity contribution is -0.298. The van der Waals surface area contributed by atoms with Gasteiger partial charge in [0.1, 0.15) is 0 Å². The summed E-state index contributed by atoms with van der Waals surface area (Å²) in [6.07, 6.45) is 1.49. The molecule has 1 heterocycles. The van der Waals surface area contributed by atoms with Crippen LogP contribution in [0.2, 0.25) is 5.02 Å². The molecule has 24 heavy (non-hydrogen) atoms. The highest BCUT2D eigenvalue weighted by Crippen LogP contribution is 2.29. The maximum Gasteiger partial charge on any atom is 0.281 e. The van der Waals surface area contributed by atoms with E-state index in [0.29, 0.717) is 10.6 Å². The standard InChI is InChI=1S/C17H11ClN2O3S/c18-13-8-6-12(7-9-13)15-19-20-17(23-15)24-14(16(21)22)10-11-4-2-1-3-5-11/h1-10H,(H,21,22)/p-1/b14-10-. The molecule has 0 aliphatic rings. The largest absolute Gasteiger partial charge is 0.544 e. The van der Waals surface area contributed by atoms with Crippen LogP contribution in [0.1, 0.15) is 5.56 Å². The number of aliphatic carboxylic acids is 1. The summed E-state index contributed by atoms with van der Waals surface area (Å²) in [6, 6.07) is 15.9. The average molecular weight is 358 g/mol. The van der Waals surface area contributed by atoms with Gasteiger partial charge in [-0.1, -0.05) is 41.9 Å². The van der Waals surface area contributed by atoms with Crippen LogP contribution in [-0.2, 0) is 4.79 Å². The van der Waals surface area contributed by atoms with Crippen LogP contribution in [0.25, 0.3) is 17.5 Å². The number of hydrogen-bond acceptors (Lipinski definition) is 6. The monoisotopic (exact) mass is 357 g/mol. The number of hydrogen-bond donors (Lipinski definition) is 0. The molecule has 0 fully saturated rings. The molecule has 3 aromatic rings. The van der Waals surface area contributed by atoms with Crippen LogP contribution in [0.3, 0.4) is 0 Å². The third kappa shape index (κ3) is 4.04. The number of thioether (sulfide) groups is 1. The SMILES string of the molecule is O=C([O-])/C(=C/c1ccccc1)Sc1nnc(-c2ccc(Cl)cc2)o1. The summed E-state index contributed by atoms with van der Waals surface area (Å²) in [5.74, 6) is -1.03. The summed E-state index contributed by atoms with van der Waals surface area (Å²) >= 11 is 6.68. The Labute approximate surface area is 147 Å². The van der Waals surface area contributed by atoms with Crippen LogP contribution in [0.4, 0.5) is 0 Å². The average Bonchev–Trinajstić information content (AvgIpc) is 3.04. The molecule has 1 aromatic heterocycles. The fourth-order valence-corrected chi connectivity index (χ4v) is 2.68. The van der Waals surface area contributed by atoms with E-state index in [1.54, 1.807) is 36.4 Å². The number of halogens is 1. The predicted molar refractivity (Wildman–Crippen MR) is 90.0 cm³/mol. The van der Waals surface area contributed by atoms with Crippen molar-refractivity contribution in [1.82, 2.24) is 10.2 Å². The third-order valence-corrected chi connectivity index (χ3v) is 4.09. The zero-order valence-electron chi connectivity index (χ0n) is 12.2. The maximum atomic E-state index is 11.3. The Morgan fingerprint density at radius 2 is 1.79 bits per heavy atom. The molecule has 2 aromatic carbocycles. The van der Waals surface area contributed by atoms with Crippen molar-refractivity contribution >= 4 is 35.4 Å². The Morgan fingerprint density at radius 1 is 1.08 bits per heavy atom. The van der Waals surface area contributed by atoms with Crippen molar-refractivity contribution < 1.29 is 14.3 Å². The number of carboxylic acid groups (broad SMARTS) is 1. The highest BCUT2D eigenvalue weighted by Gasteiger charge is 2.12. The lowest BCUT2D eigenvalue weighted by Gasteiger charge is -2.05. The summed E-state index contributed by atoms with van der Waals surface area (Å²) in [4.78, 5) is 11.3. The zero-order valence-corrected chi connectivity index (χ0v) is 13.8. The number of carboxylic acids is 1. The summed E-state index contributed by atoms with van der Waals surface area (Å²) in [5.41, 5.74) is 1.43. The van der Waals surface area contributed by atoms with Gasteiger partial charge in [-0.05, 0) is 47.7 Å². The first kappa shape index (κ1) is 16.3. The van der Waals surface area contributed by atoms with Gasteiger partial charge in [0.15, 0.2) is 0 Å². The second-order valence-corrected chi connectivity index (χ2v) is 6.12. The second kappa shape index (κ2) is 7.33. The molecule has 0 amide bonds. The Hall–Kier alpha value is -2.57. The van der Waals surface area contributed by atoms with Gasteiger partial charge < -0.3 is 14.3 Å². The van der Waals surface area contributed by atoms with Gasteiger partial charge in [0.05, 0.1) is 5.97 Å². The number of carbonyl (C=O) groups is 1. The highest BCUT2D eigenvalue weighted by molar-refractivity contribution is 8.03. The number of benzene rings is 2. The van der Waals surface area contributed by atoms with Gasteiger partial charge in [-0.3, -0.25) is 0 Å². The van der Waals surface area contributed by atoms with Crippen LogP contribution in [0.15, 0.2) is 69.1 Å². The molecular formula is C17H10ClN2O3S-. The lowest BCUT2D eigenvalue weighted by Crippen LogP contribution is -2.22. The minimum absolute atomic E-state index is 0.0208. The van der Waals surface area contributed by atoms with Gasteiger partial charge in [-0.15, -0.1) is 10.2 Å². The summed E-state index contributed by atoms with van der Waals surface area (Å²) in [5, 5.41) is 19.8. The minimum Gasteiger partial charge on any atom is -0.544 e. The Balaban J connectivity index is 1.83. The quantitative estimate of drug-likeness (QED) is 0.515. The minimum atomic E-state index is -1.31. The molecule has 120 valence electrons. The molecule has 0 unspecified atom stereocenters. The van der Waals surface area contributed by atoms with Gasteiger partial charge in [0.2, 0.25) is 5.89 Å². The van der Waals surface area contributed by atoms with Gasteiger partial charge in [0.25, 0.3) is 5.22 Å². The van der Waals surface area contributed by atoms with E-state index < -0.39 is 5.97 Å². The van der Waals surface area contributed by atoms with Crippen molar-refractivity contribution in [3.05, 3.63) is 70.1 Å². The predicted octanol–water partition coefficient (Wildman–Crippen LogP) is 3.27. The second-order valence-electron chi connectivity index (χ2n) is 4.69. The molecule has 5 nitrogen and oxygen atoms in total. The zero-order chi connectivity index (χ0) is 16.9. The summed E-state index contributed by atoms with van der Waals surface area (Å²) in [7, 11) is 0. The van der Waals surface area contributed by atoms with Crippen molar-refractivity contribution in [1.29, 1.82) is 0 Å². The molecule has 0 N–H and O–H groups in total. The molecular weight excluding hydrogens is 348 g/mol. The van der Waals surface area contributed by atoms with E-state index >= 15 is 0 Å². The fourth-order valence-electron chi connectivity index (χ4n) is 1.88. The first-order valence-corrected chi connectivity index (χ1v) is 8.06. The lowest BCUT2D eigenvalue weighted by atomic mass is 10.2. The number of rotatable bonds is 5. The van der Waals surface area contributed by atoms with Crippen LogP contribution in [0, 0.1) is 0 Å². The fraction of sp³-hybridized carbons (Fsp3) is 0. The highest BCUT2D eigenvalue weighted by atomic mass is 35.5. The Bertz CT molecular complexity index is 876. The first-order chi connectivity index (χ1) is 11.6. The third-order valence-electron chi connectivity index (χ3n) is 2.99. The number of carbonyl (C=O) groups excluding carboxylic acids is 1. The van der Waals surface area contributed by atoms with E-state index in [9.17, 15) is 9.90 Å². The van der Waals surface area contributed by atoms with Crippen LogP contribution >= 0.6 is 23.4 Å². The normalized spacial score (nSPS) is 11.5. The molecule has 0 atom stereocenters. The first-order valence-electron chi connectivity index (χ1n) is 6.87.